The lowest BCUT2D eigenvalue weighted by Crippen LogP contribution is -2.29. The number of aryl methyl sites for hydroxylation is 1. The minimum atomic E-state index is -0.0862. The maximum atomic E-state index is 12.2. The molecule has 3 rings (SSSR count). The standard InChI is InChI=1S/C14H15N3O2/c1-17-8-12(15-16-17)7-13(18)11-6-10-4-2-3-5-14(10)19-9-11/h2-5,8,11H,6-7,9H2,1H3. The van der Waals surface area contributed by atoms with Gasteiger partial charge in [0.15, 0.2) is 0 Å². The number of aromatic nitrogens is 3. The van der Waals surface area contributed by atoms with Crippen LogP contribution in [-0.4, -0.2) is 27.4 Å². The van der Waals surface area contributed by atoms with E-state index in [2.05, 4.69) is 10.3 Å². The van der Waals surface area contributed by atoms with E-state index < -0.39 is 0 Å². The highest BCUT2D eigenvalue weighted by Crippen LogP contribution is 2.27. The Bertz CT molecular complexity index is 606. The lowest BCUT2D eigenvalue weighted by atomic mass is 9.91. The van der Waals surface area contributed by atoms with E-state index >= 15 is 0 Å². The molecular weight excluding hydrogens is 242 g/mol. The number of para-hydroxylation sites is 1. The second-order valence-corrected chi connectivity index (χ2v) is 4.85. The number of ketones is 1. The average molecular weight is 257 g/mol. The quantitative estimate of drug-likeness (QED) is 0.828. The Morgan fingerprint density at radius 2 is 2.32 bits per heavy atom. The first-order valence-corrected chi connectivity index (χ1v) is 6.31. The zero-order valence-corrected chi connectivity index (χ0v) is 10.7. The van der Waals surface area contributed by atoms with Gasteiger partial charge in [0.2, 0.25) is 0 Å². The number of carbonyl (C=O) groups excluding carboxylic acids is 1. The summed E-state index contributed by atoms with van der Waals surface area (Å²) in [5.41, 5.74) is 1.82. The van der Waals surface area contributed by atoms with E-state index in [1.807, 2.05) is 24.3 Å². The van der Waals surface area contributed by atoms with Crippen molar-refractivity contribution >= 4 is 5.78 Å². The Balaban J connectivity index is 1.69. The van der Waals surface area contributed by atoms with Gasteiger partial charge in [0.25, 0.3) is 0 Å². The van der Waals surface area contributed by atoms with Gasteiger partial charge in [-0.1, -0.05) is 23.4 Å². The molecular formula is C14H15N3O2. The molecule has 1 aliphatic rings. The summed E-state index contributed by atoms with van der Waals surface area (Å²) in [4.78, 5) is 12.2. The number of rotatable bonds is 3. The molecule has 0 N–H and O–H groups in total. The number of hydrogen-bond acceptors (Lipinski definition) is 4. The number of fused-ring (bicyclic) bond motifs is 1. The summed E-state index contributed by atoms with van der Waals surface area (Å²) >= 11 is 0. The molecule has 0 saturated carbocycles. The Labute approximate surface area is 111 Å². The van der Waals surface area contributed by atoms with E-state index in [1.54, 1.807) is 17.9 Å². The summed E-state index contributed by atoms with van der Waals surface area (Å²) in [5.74, 6) is 0.970. The van der Waals surface area contributed by atoms with Crippen molar-refractivity contribution in [2.75, 3.05) is 6.61 Å². The van der Waals surface area contributed by atoms with Crippen molar-refractivity contribution in [1.29, 1.82) is 0 Å². The van der Waals surface area contributed by atoms with Crippen LogP contribution in [0.1, 0.15) is 11.3 Å². The molecule has 0 saturated heterocycles. The highest BCUT2D eigenvalue weighted by atomic mass is 16.5. The summed E-state index contributed by atoms with van der Waals surface area (Å²) < 4.78 is 7.24. The largest absolute Gasteiger partial charge is 0.493 e. The second-order valence-electron chi connectivity index (χ2n) is 4.85. The van der Waals surface area contributed by atoms with Crippen molar-refractivity contribution in [1.82, 2.24) is 15.0 Å². The van der Waals surface area contributed by atoms with Gasteiger partial charge in [-0.2, -0.15) is 0 Å². The predicted octanol–water partition coefficient (Wildman–Crippen LogP) is 1.18. The molecule has 0 fully saturated rings. The molecule has 19 heavy (non-hydrogen) atoms. The number of nitrogens with zero attached hydrogens (tertiary/aromatic N) is 3. The molecule has 0 radical (unpaired) electrons. The summed E-state index contributed by atoms with van der Waals surface area (Å²) in [5, 5.41) is 7.78. The first-order valence-electron chi connectivity index (χ1n) is 6.31. The number of benzene rings is 1. The van der Waals surface area contributed by atoms with Gasteiger partial charge in [-0.05, 0) is 18.1 Å². The molecule has 5 nitrogen and oxygen atoms in total. The third kappa shape index (κ3) is 2.50. The van der Waals surface area contributed by atoms with E-state index in [1.165, 1.54) is 0 Å². The van der Waals surface area contributed by atoms with E-state index in [-0.39, 0.29) is 11.7 Å². The highest BCUT2D eigenvalue weighted by Gasteiger charge is 2.26. The SMILES string of the molecule is Cn1cc(CC(=O)C2COc3ccccc3C2)nn1. The second kappa shape index (κ2) is 4.84. The fourth-order valence-electron chi connectivity index (χ4n) is 2.33. The predicted molar refractivity (Wildman–Crippen MR) is 68.8 cm³/mol. The van der Waals surface area contributed by atoms with Crippen LogP contribution in [0.4, 0.5) is 0 Å². The van der Waals surface area contributed by atoms with Crippen LogP contribution in [0.25, 0.3) is 0 Å². The van der Waals surface area contributed by atoms with Crippen LogP contribution in [0.15, 0.2) is 30.5 Å². The molecule has 1 aliphatic heterocycles. The van der Waals surface area contributed by atoms with Gasteiger partial charge >= 0.3 is 0 Å². The third-order valence-electron chi connectivity index (χ3n) is 3.34. The molecule has 0 bridgehead atoms. The Kier molecular flexibility index (Phi) is 3.03. The molecule has 1 aromatic carbocycles. The molecule has 1 aromatic heterocycles. The normalized spacial score (nSPS) is 17.6. The average Bonchev–Trinajstić information content (AvgIpc) is 2.83. The van der Waals surface area contributed by atoms with Crippen LogP contribution in [-0.2, 0) is 24.7 Å². The van der Waals surface area contributed by atoms with Crippen LogP contribution in [0.3, 0.4) is 0 Å². The van der Waals surface area contributed by atoms with E-state index in [0.717, 1.165) is 17.7 Å². The van der Waals surface area contributed by atoms with Crippen LogP contribution in [0.2, 0.25) is 0 Å². The number of Topliss-reactive ketones (excluding diaryl/α,β-unsaturated/α-hetero) is 1. The monoisotopic (exact) mass is 257 g/mol. The first kappa shape index (κ1) is 11.9. The zero-order valence-electron chi connectivity index (χ0n) is 10.7. The molecule has 1 atom stereocenters. The van der Waals surface area contributed by atoms with Crippen molar-refractivity contribution in [3.05, 3.63) is 41.7 Å². The molecule has 0 aliphatic carbocycles. The summed E-state index contributed by atoms with van der Waals surface area (Å²) in [6, 6.07) is 7.87. The van der Waals surface area contributed by atoms with Gasteiger partial charge < -0.3 is 4.74 Å². The van der Waals surface area contributed by atoms with E-state index in [4.69, 9.17) is 4.74 Å². The molecule has 98 valence electrons. The lowest BCUT2D eigenvalue weighted by Gasteiger charge is -2.24. The zero-order chi connectivity index (χ0) is 13.2. The van der Waals surface area contributed by atoms with Crippen molar-refractivity contribution in [3.63, 3.8) is 0 Å². The fraction of sp³-hybridized carbons (Fsp3) is 0.357. The number of carbonyl (C=O) groups is 1. The Hall–Kier alpha value is -2.17. The third-order valence-corrected chi connectivity index (χ3v) is 3.34. The van der Waals surface area contributed by atoms with Crippen LogP contribution in [0.5, 0.6) is 5.75 Å². The Morgan fingerprint density at radius 3 is 3.11 bits per heavy atom. The smallest absolute Gasteiger partial charge is 0.145 e. The first-order chi connectivity index (χ1) is 9.22. The summed E-state index contributed by atoms with van der Waals surface area (Å²) in [6.07, 6.45) is 2.84. The van der Waals surface area contributed by atoms with Crippen molar-refractivity contribution in [2.45, 2.75) is 12.8 Å². The lowest BCUT2D eigenvalue weighted by molar-refractivity contribution is -0.123. The highest BCUT2D eigenvalue weighted by molar-refractivity contribution is 5.83. The van der Waals surface area contributed by atoms with Gasteiger partial charge in [-0.15, -0.1) is 5.10 Å². The van der Waals surface area contributed by atoms with E-state index in [9.17, 15) is 4.79 Å². The minimum Gasteiger partial charge on any atom is -0.493 e. The summed E-state index contributed by atoms with van der Waals surface area (Å²) in [6.45, 7) is 0.454. The van der Waals surface area contributed by atoms with Crippen LogP contribution >= 0.6 is 0 Å². The maximum absolute atomic E-state index is 12.2. The number of hydrogen-bond donors (Lipinski definition) is 0. The molecule has 2 heterocycles. The molecule has 5 heteroatoms. The van der Waals surface area contributed by atoms with Gasteiger partial charge in [0, 0.05) is 13.2 Å². The minimum absolute atomic E-state index is 0.0862. The van der Waals surface area contributed by atoms with Gasteiger partial charge in [-0.25, -0.2) is 0 Å². The summed E-state index contributed by atoms with van der Waals surface area (Å²) in [7, 11) is 1.79. The Morgan fingerprint density at radius 1 is 1.47 bits per heavy atom. The fourth-order valence-corrected chi connectivity index (χ4v) is 2.33. The van der Waals surface area contributed by atoms with Gasteiger partial charge in [0.05, 0.1) is 24.6 Å². The topological polar surface area (TPSA) is 57.0 Å². The number of ether oxygens (including phenoxy) is 1. The molecule has 2 aromatic rings. The van der Waals surface area contributed by atoms with Gasteiger partial charge in [-0.3, -0.25) is 9.48 Å². The van der Waals surface area contributed by atoms with Crippen LogP contribution < -0.4 is 4.74 Å². The molecule has 0 spiro atoms. The molecule has 1 unspecified atom stereocenters. The van der Waals surface area contributed by atoms with Crippen LogP contribution in [0, 0.1) is 5.92 Å². The molecule has 0 amide bonds. The van der Waals surface area contributed by atoms with Crippen molar-refractivity contribution in [2.24, 2.45) is 13.0 Å². The van der Waals surface area contributed by atoms with Gasteiger partial charge in [0.1, 0.15) is 11.5 Å². The van der Waals surface area contributed by atoms with E-state index in [0.29, 0.717) is 18.7 Å². The van der Waals surface area contributed by atoms with Crippen molar-refractivity contribution in [3.8, 4) is 5.75 Å². The maximum Gasteiger partial charge on any atom is 0.145 e. The van der Waals surface area contributed by atoms with Crippen molar-refractivity contribution < 1.29 is 9.53 Å².